The number of carbonyl (C=O) groups is 1. The molecule has 2 atom stereocenters. The first-order chi connectivity index (χ1) is 8.36. The van der Waals surface area contributed by atoms with Crippen LogP contribution in [0, 0.1) is 11.3 Å². The van der Waals surface area contributed by atoms with Crippen LogP contribution in [-0.2, 0) is 4.79 Å². The molecule has 3 heteroatoms. The van der Waals surface area contributed by atoms with Gasteiger partial charge in [0, 0.05) is 25.6 Å². The predicted molar refractivity (Wildman–Crippen MR) is 76.5 cm³/mol. The molecule has 1 heterocycles. The lowest BCUT2D eigenvalue weighted by Gasteiger charge is -2.36. The van der Waals surface area contributed by atoms with Crippen molar-refractivity contribution in [1.82, 2.24) is 10.2 Å². The van der Waals surface area contributed by atoms with E-state index >= 15 is 0 Å². The second-order valence-electron chi connectivity index (χ2n) is 6.65. The zero-order valence-electron chi connectivity index (χ0n) is 12.8. The molecule has 0 spiro atoms. The summed E-state index contributed by atoms with van der Waals surface area (Å²) >= 11 is 0. The standard InChI is InChI=1S/C15H30N2O/c1-6-17(13-8-7-9-16-11-13)14(18)10-12(2)15(3,4)5/h12-13,16H,6-11H2,1-5H3. The molecule has 1 amide bonds. The zero-order valence-corrected chi connectivity index (χ0v) is 12.8. The van der Waals surface area contributed by atoms with Gasteiger partial charge in [0.05, 0.1) is 0 Å². The quantitative estimate of drug-likeness (QED) is 0.836. The number of amides is 1. The second-order valence-corrected chi connectivity index (χ2v) is 6.65. The Bertz CT molecular complexity index is 264. The van der Waals surface area contributed by atoms with Crippen molar-refractivity contribution < 1.29 is 4.79 Å². The van der Waals surface area contributed by atoms with Crippen LogP contribution in [0.5, 0.6) is 0 Å². The Labute approximate surface area is 112 Å². The van der Waals surface area contributed by atoms with E-state index < -0.39 is 0 Å². The monoisotopic (exact) mass is 254 g/mol. The maximum absolute atomic E-state index is 12.4. The van der Waals surface area contributed by atoms with Crippen LogP contribution >= 0.6 is 0 Å². The van der Waals surface area contributed by atoms with E-state index in [1.165, 1.54) is 6.42 Å². The minimum absolute atomic E-state index is 0.208. The molecule has 0 aromatic carbocycles. The summed E-state index contributed by atoms with van der Waals surface area (Å²) in [5, 5.41) is 3.39. The van der Waals surface area contributed by atoms with Crippen molar-refractivity contribution in [3.8, 4) is 0 Å². The van der Waals surface area contributed by atoms with Gasteiger partial charge in [0.15, 0.2) is 0 Å². The largest absolute Gasteiger partial charge is 0.339 e. The SMILES string of the molecule is CCN(C(=O)CC(C)C(C)(C)C)C1CCCNC1. The highest BCUT2D eigenvalue weighted by Gasteiger charge is 2.28. The molecule has 2 unspecified atom stereocenters. The fourth-order valence-corrected chi connectivity index (χ4v) is 2.42. The number of carbonyl (C=O) groups excluding carboxylic acids is 1. The van der Waals surface area contributed by atoms with Gasteiger partial charge in [0.25, 0.3) is 0 Å². The highest BCUT2D eigenvalue weighted by molar-refractivity contribution is 5.76. The fraction of sp³-hybridized carbons (Fsp3) is 0.933. The number of likely N-dealkylation sites (N-methyl/N-ethyl adjacent to an activating group) is 1. The first kappa shape index (κ1) is 15.5. The average Bonchev–Trinajstić information content (AvgIpc) is 2.30. The van der Waals surface area contributed by atoms with Gasteiger partial charge >= 0.3 is 0 Å². The molecule has 3 nitrogen and oxygen atoms in total. The first-order valence-electron chi connectivity index (χ1n) is 7.36. The second kappa shape index (κ2) is 6.55. The summed E-state index contributed by atoms with van der Waals surface area (Å²) in [6.07, 6.45) is 3.01. The molecule has 0 aromatic rings. The lowest BCUT2D eigenvalue weighted by atomic mass is 9.80. The maximum Gasteiger partial charge on any atom is 0.223 e. The van der Waals surface area contributed by atoms with Crippen molar-refractivity contribution in [1.29, 1.82) is 0 Å². The minimum atomic E-state index is 0.208. The molecule has 18 heavy (non-hydrogen) atoms. The van der Waals surface area contributed by atoms with Crippen LogP contribution in [0.25, 0.3) is 0 Å². The number of nitrogens with zero attached hydrogens (tertiary/aromatic N) is 1. The van der Waals surface area contributed by atoms with E-state index in [0.717, 1.165) is 26.1 Å². The van der Waals surface area contributed by atoms with Crippen molar-refractivity contribution >= 4 is 5.91 Å². The molecule has 1 aliphatic rings. The van der Waals surface area contributed by atoms with Crippen LogP contribution in [0.2, 0.25) is 0 Å². The summed E-state index contributed by atoms with van der Waals surface area (Å²) < 4.78 is 0. The predicted octanol–water partition coefficient (Wildman–Crippen LogP) is 2.66. The van der Waals surface area contributed by atoms with Crippen LogP contribution < -0.4 is 5.32 Å². The number of hydrogen-bond acceptors (Lipinski definition) is 2. The van der Waals surface area contributed by atoms with Gasteiger partial charge in [-0.1, -0.05) is 27.7 Å². The fourth-order valence-electron chi connectivity index (χ4n) is 2.42. The van der Waals surface area contributed by atoms with Crippen LogP contribution in [0.1, 0.15) is 53.9 Å². The normalized spacial score (nSPS) is 22.6. The Balaban J connectivity index is 2.56. The highest BCUT2D eigenvalue weighted by Crippen LogP contribution is 2.29. The third kappa shape index (κ3) is 4.27. The Morgan fingerprint density at radius 1 is 1.44 bits per heavy atom. The Morgan fingerprint density at radius 2 is 2.11 bits per heavy atom. The van der Waals surface area contributed by atoms with Gasteiger partial charge in [0.2, 0.25) is 5.91 Å². The molecular weight excluding hydrogens is 224 g/mol. The average molecular weight is 254 g/mol. The van der Waals surface area contributed by atoms with Crippen LogP contribution in [0.3, 0.4) is 0 Å². The number of hydrogen-bond donors (Lipinski definition) is 1. The Hall–Kier alpha value is -0.570. The van der Waals surface area contributed by atoms with Gasteiger partial charge in [-0.25, -0.2) is 0 Å². The molecule has 0 aromatic heterocycles. The summed E-state index contributed by atoms with van der Waals surface area (Å²) in [4.78, 5) is 14.5. The van der Waals surface area contributed by atoms with E-state index in [9.17, 15) is 4.79 Å². The zero-order chi connectivity index (χ0) is 13.8. The van der Waals surface area contributed by atoms with Gasteiger partial charge in [-0.3, -0.25) is 4.79 Å². The van der Waals surface area contributed by atoms with Gasteiger partial charge in [-0.2, -0.15) is 0 Å². The molecule has 0 aliphatic carbocycles. The van der Waals surface area contributed by atoms with Gasteiger partial charge in [-0.15, -0.1) is 0 Å². The topological polar surface area (TPSA) is 32.3 Å². The highest BCUT2D eigenvalue weighted by atomic mass is 16.2. The molecule has 106 valence electrons. The van der Waals surface area contributed by atoms with Crippen molar-refractivity contribution in [2.75, 3.05) is 19.6 Å². The Kier molecular flexibility index (Phi) is 5.64. The van der Waals surface area contributed by atoms with E-state index in [2.05, 4.69) is 44.8 Å². The van der Waals surface area contributed by atoms with Crippen LogP contribution in [0.4, 0.5) is 0 Å². The molecule has 1 N–H and O–H groups in total. The summed E-state index contributed by atoms with van der Waals surface area (Å²) in [6.45, 7) is 13.8. The van der Waals surface area contributed by atoms with Gasteiger partial charge in [-0.05, 0) is 37.6 Å². The lowest BCUT2D eigenvalue weighted by molar-refractivity contribution is -0.135. The molecule has 0 radical (unpaired) electrons. The maximum atomic E-state index is 12.4. The molecule has 1 fully saturated rings. The summed E-state index contributed by atoms with van der Waals surface area (Å²) in [5.41, 5.74) is 0.208. The van der Waals surface area contributed by atoms with E-state index in [4.69, 9.17) is 0 Å². The molecule has 1 aliphatic heterocycles. The molecule has 1 rings (SSSR count). The van der Waals surface area contributed by atoms with Gasteiger partial charge in [0.1, 0.15) is 0 Å². The van der Waals surface area contributed by atoms with Crippen LogP contribution in [0.15, 0.2) is 0 Å². The van der Waals surface area contributed by atoms with Crippen molar-refractivity contribution in [3.63, 3.8) is 0 Å². The summed E-state index contributed by atoms with van der Waals surface area (Å²) in [7, 11) is 0. The van der Waals surface area contributed by atoms with Crippen molar-refractivity contribution in [3.05, 3.63) is 0 Å². The Morgan fingerprint density at radius 3 is 2.56 bits per heavy atom. The van der Waals surface area contributed by atoms with E-state index in [1.807, 2.05) is 0 Å². The number of rotatable bonds is 4. The molecule has 0 saturated carbocycles. The summed E-state index contributed by atoms with van der Waals surface area (Å²) in [5.74, 6) is 0.754. The molecule has 1 saturated heterocycles. The van der Waals surface area contributed by atoms with E-state index in [-0.39, 0.29) is 5.41 Å². The smallest absolute Gasteiger partial charge is 0.223 e. The van der Waals surface area contributed by atoms with E-state index in [1.54, 1.807) is 0 Å². The third-order valence-electron chi connectivity index (χ3n) is 4.33. The van der Waals surface area contributed by atoms with Gasteiger partial charge < -0.3 is 10.2 Å². The van der Waals surface area contributed by atoms with Crippen molar-refractivity contribution in [2.24, 2.45) is 11.3 Å². The lowest BCUT2D eigenvalue weighted by Crippen LogP contribution is -2.49. The van der Waals surface area contributed by atoms with Crippen LogP contribution in [-0.4, -0.2) is 36.5 Å². The number of piperidine rings is 1. The summed E-state index contributed by atoms with van der Waals surface area (Å²) in [6, 6.07) is 0.406. The number of nitrogens with one attached hydrogen (secondary N) is 1. The van der Waals surface area contributed by atoms with Crippen molar-refractivity contribution in [2.45, 2.75) is 59.9 Å². The van der Waals surface area contributed by atoms with E-state index in [0.29, 0.717) is 24.3 Å². The molecule has 0 bridgehead atoms. The minimum Gasteiger partial charge on any atom is -0.339 e. The molecular formula is C15H30N2O. The third-order valence-corrected chi connectivity index (χ3v) is 4.33. The first-order valence-corrected chi connectivity index (χ1v) is 7.36.